The molecule has 0 aliphatic rings. The maximum absolute atomic E-state index is 11.0. The summed E-state index contributed by atoms with van der Waals surface area (Å²) in [5, 5.41) is 0. The minimum atomic E-state index is -0.211. The topological polar surface area (TPSA) is 51.2 Å². The zero-order valence-electron chi connectivity index (χ0n) is 6.49. The second-order valence-electron chi connectivity index (χ2n) is 2.36. The lowest BCUT2D eigenvalue weighted by Crippen LogP contribution is -1.97. The average Bonchev–Trinajstić information content (AvgIpc) is 2.16. The summed E-state index contributed by atoms with van der Waals surface area (Å²) in [6, 6.07) is 4.38. The van der Waals surface area contributed by atoms with Crippen LogP contribution in [0.5, 0.6) is 0 Å². The first-order valence-corrected chi connectivity index (χ1v) is 4.51. The second kappa shape index (κ2) is 4.27. The monoisotopic (exact) mass is 288 g/mol. The molecule has 1 rings (SSSR count). The molecule has 0 atom stereocenters. The van der Waals surface area contributed by atoms with Crippen LogP contribution in [-0.4, -0.2) is 16.4 Å². The third kappa shape index (κ3) is 2.21. The number of aldehydes is 2. The quantitative estimate of drug-likeness (QED) is 0.485. The summed E-state index contributed by atoms with van der Waals surface area (Å²) in [5.74, 6) is 0. The van der Waals surface area contributed by atoms with Gasteiger partial charge in [0.15, 0.2) is 6.29 Å². The molecule has 0 saturated carbocycles. The van der Waals surface area contributed by atoms with Crippen molar-refractivity contribution in [3.8, 4) is 0 Å². The van der Waals surface area contributed by atoms with E-state index in [4.69, 9.17) is 0 Å². The minimum absolute atomic E-state index is 0.211. The van der Waals surface area contributed by atoms with E-state index >= 15 is 0 Å². The summed E-state index contributed by atoms with van der Waals surface area (Å²) in [5.41, 5.74) is 0.980. The molecule has 0 unspecified atom stereocenters. The molecule has 3 nitrogen and oxygen atoms in total. The van der Waals surface area contributed by atoms with Gasteiger partial charge in [0.25, 0.3) is 0 Å². The number of hydrogen-bond acceptors (Lipinski definition) is 3. The van der Waals surface area contributed by atoms with E-state index in [2.05, 4.69) is 0 Å². The molecule has 13 heavy (non-hydrogen) atoms. The van der Waals surface area contributed by atoms with Crippen molar-refractivity contribution in [2.45, 2.75) is 0 Å². The van der Waals surface area contributed by atoms with Gasteiger partial charge < -0.3 is 0 Å². The molecule has 0 N–H and O–H groups in total. The summed E-state index contributed by atoms with van der Waals surface area (Å²) in [6.45, 7) is 0. The Kier molecular flexibility index (Phi) is 3.30. The van der Waals surface area contributed by atoms with Crippen LogP contribution in [0.2, 0.25) is 0 Å². The van der Waals surface area contributed by atoms with Crippen LogP contribution in [0.4, 0.5) is 0 Å². The standard InChI is InChI=1S/C9H5IO3/c10-9(13)8-2-1-6(4-11)3-7(8)5-12/h1-5H. The number of halogens is 1. The molecular formula is C9H5IO3. The molecule has 0 spiro atoms. The molecule has 0 aromatic heterocycles. The van der Waals surface area contributed by atoms with Gasteiger partial charge in [0.2, 0.25) is 3.79 Å². The number of benzene rings is 1. The summed E-state index contributed by atoms with van der Waals surface area (Å²) in [7, 11) is 0. The minimum Gasteiger partial charge on any atom is -0.298 e. The van der Waals surface area contributed by atoms with Crippen LogP contribution in [0.25, 0.3) is 0 Å². The van der Waals surface area contributed by atoms with E-state index in [1.807, 2.05) is 0 Å². The van der Waals surface area contributed by atoms with Crippen LogP contribution < -0.4 is 0 Å². The van der Waals surface area contributed by atoms with Gasteiger partial charge in [0.1, 0.15) is 6.29 Å². The van der Waals surface area contributed by atoms with Gasteiger partial charge in [-0.15, -0.1) is 0 Å². The first-order chi connectivity index (χ1) is 6.19. The Hall–Kier alpha value is -1.04. The Morgan fingerprint density at radius 1 is 1.23 bits per heavy atom. The highest BCUT2D eigenvalue weighted by Gasteiger charge is 2.07. The predicted molar refractivity (Wildman–Crippen MR) is 55.6 cm³/mol. The largest absolute Gasteiger partial charge is 0.298 e. The Morgan fingerprint density at radius 3 is 2.38 bits per heavy atom. The van der Waals surface area contributed by atoms with Crippen LogP contribution in [0.15, 0.2) is 18.2 Å². The van der Waals surface area contributed by atoms with Crippen LogP contribution in [0.3, 0.4) is 0 Å². The third-order valence-electron chi connectivity index (χ3n) is 1.55. The van der Waals surface area contributed by atoms with E-state index in [0.717, 1.165) is 0 Å². The van der Waals surface area contributed by atoms with Gasteiger partial charge in [-0.2, -0.15) is 0 Å². The normalized spacial score (nSPS) is 9.31. The zero-order chi connectivity index (χ0) is 9.84. The van der Waals surface area contributed by atoms with E-state index in [1.54, 1.807) is 22.6 Å². The molecule has 0 heterocycles. The Bertz CT molecular complexity index is 371. The van der Waals surface area contributed by atoms with Crippen molar-refractivity contribution < 1.29 is 14.4 Å². The predicted octanol–water partition coefficient (Wildman–Crippen LogP) is 1.89. The molecule has 0 radical (unpaired) electrons. The Balaban J connectivity index is 3.31. The van der Waals surface area contributed by atoms with Crippen LogP contribution in [0, 0.1) is 0 Å². The van der Waals surface area contributed by atoms with Gasteiger partial charge in [-0.25, -0.2) is 0 Å². The molecule has 0 aliphatic carbocycles. The molecule has 0 aliphatic heterocycles. The van der Waals surface area contributed by atoms with Crippen molar-refractivity contribution in [3.05, 3.63) is 34.9 Å². The van der Waals surface area contributed by atoms with Gasteiger partial charge in [-0.1, -0.05) is 6.07 Å². The maximum Gasteiger partial charge on any atom is 0.223 e. The zero-order valence-corrected chi connectivity index (χ0v) is 8.65. The fourth-order valence-electron chi connectivity index (χ4n) is 0.931. The molecule has 4 heteroatoms. The van der Waals surface area contributed by atoms with E-state index in [-0.39, 0.29) is 9.35 Å². The van der Waals surface area contributed by atoms with Crippen molar-refractivity contribution in [3.63, 3.8) is 0 Å². The van der Waals surface area contributed by atoms with Gasteiger partial charge in [-0.05, 0) is 12.1 Å². The lowest BCUT2D eigenvalue weighted by Gasteiger charge is -1.98. The smallest absolute Gasteiger partial charge is 0.223 e. The van der Waals surface area contributed by atoms with Crippen LogP contribution in [0.1, 0.15) is 31.1 Å². The van der Waals surface area contributed by atoms with Crippen molar-refractivity contribution in [1.29, 1.82) is 0 Å². The number of rotatable bonds is 3. The molecule has 0 bridgehead atoms. The molecule has 1 aromatic carbocycles. The van der Waals surface area contributed by atoms with E-state index in [9.17, 15) is 14.4 Å². The molecule has 0 saturated heterocycles. The van der Waals surface area contributed by atoms with Gasteiger partial charge >= 0.3 is 0 Å². The summed E-state index contributed by atoms with van der Waals surface area (Å²) < 4.78 is -0.211. The lowest BCUT2D eigenvalue weighted by molar-refractivity contribution is 0.108. The van der Waals surface area contributed by atoms with Crippen LogP contribution in [-0.2, 0) is 0 Å². The van der Waals surface area contributed by atoms with E-state index in [0.29, 0.717) is 23.7 Å². The van der Waals surface area contributed by atoms with E-state index < -0.39 is 0 Å². The molecule has 0 fully saturated rings. The van der Waals surface area contributed by atoms with Crippen LogP contribution >= 0.6 is 22.6 Å². The van der Waals surface area contributed by atoms with Crippen molar-refractivity contribution in [2.75, 3.05) is 0 Å². The highest BCUT2D eigenvalue weighted by Crippen LogP contribution is 2.12. The highest BCUT2D eigenvalue weighted by atomic mass is 127. The highest BCUT2D eigenvalue weighted by molar-refractivity contribution is 14.1. The average molecular weight is 288 g/mol. The third-order valence-corrected chi connectivity index (χ3v) is 2.13. The summed E-state index contributed by atoms with van der Waals surface area (Å²) in [4.78, 5) is 31.8. The first-order valence-electron chi connectivity index (χ1n) is 3.43. The number of carbonyl (C=O) groups is 3. The van der Waals surface area contributed by atoms with Gasteiger partial charge in [0.05, 0.1) is 0 Å². The van der Waals surface area contributed by atoms with Crippen molar-refractivity contribution in [2.24, 2.45) is 0 Å². The molecule has 1 aromatic rings. The van der Waals surface area contributed by atoms with Gasteiger partial charge in [0, 0.05) is 39.3 Å². The number of hydrogen-bond donors (Lipinski definition) is 0. The first kappa shape index (κ1) is 10.0. The SMILES string of the molecule is O=Cc1ccc(C(=O)I)c(C=O)c1. The van der Waals surface area contributed by atoms with Crippen molar-refractivity contribution in [1.82, 2.24) is 0 Å². The fraction of sp³-hybridized carbons (Fsp3) is 0. The van der Waals surface area contributed by atoms with Crippen molar-refractivity contribution >= 4 is 39.0 Å². The van der Waals surface area contributed by atoms with Gasteiger partial charge in [-0.3, -0.25) is 14.4 Å². The summed E-state index contributed by atoms with van der Waals surface area (Å²) >= 11 is 1.59. The molecular weight excluding hydrogens is 283 g/mol. The Labute approximate surface area is 88.3 Å². The summed E-state index contributed by atoms with van der Waals surface area (Å²) in [6.07, 6.45) is 1.20. The van der Waals surface area contributed by atoms with E-state index in [1.165, 1.54) is 18.2 Å². The number of carbonyl (C=O) groups excluding carboxylic acids is 3. The molecule has 66 valence electrons. The Morgan fingerprint density at radius 2 is 1.92 bits per heavy atom. The fourth-order valence-corrected chi connectivity index (χ4v) is 1.42. The molecule has 0 amide bonds. The maximum atomic E-state index is 11.0. The second-order valence-corrected chi connectivity index (χ2v) is 3.34. The lowest BCUT2D eigenvalue weighted by atomic mass is 10.1.